The van der Waals surface area contributed by atoms with Crippen LogP contribution in [0, 0.1) is 0 Å². The molecule has 0 aliphatic carbocycles. The second-order valence-electron chi connectivity index (χ2n) is 18.9. The molecule has 0 rings (SSSR count). The van der Waals surface area contributed by atoms with Gasteiger partial charge in [-0.05, 0) is 96.3 Å². The average Bonchev–Trinajstić information content (AvgIpc) is 3.31. The van der Waals surface area contributed by atoms with E-state index in [2.05, 4.69) is 81.5 Å². The zero-order valence-electron chi connectivity index (χ0n) is 43.7. The van der Waals surface area contributed by atoms with Gasteiger partial charge >= 0.3 is 17.9 Å². The molecule has 1 atom stereocenters. The lowest BCUT2D eigenvalue weighted by molar-refractivity contribution is -0.167. The first-order chi connectivity index (χ1) is 32.5. The van der Waals surface area contributed by atoms with E-state index in [4.69, 9.17) is 14.2 Å². The van der Waals surface area contributed by atoms with Crippen LogP contribution in [0.5, 0.6) is 0 Å². The molecule has 0 amide bonds. The molecule has 0 heterocycles. The van der Waals surface area contributed by atoms with Crippen molar-refractivity contribution in [2.24, 2.45) is 0 Å². The lowest BCUT2D eigenvalue weighted by atomic mass is 10.1. The minimum atomic E-state index is -0.790. The summed E-state index contributed by atoms with van der Waals surface area (Å²) in [6, 6.07) is 0. The molecule has 0 aromatic carbocycles. The monoisotopic (exact) mass is 923 g/mol. The zero-order chi connectivity index (χ0) is 47.9. The summed E-state index contributed by atoms with van der Waals surface area (Å²) in [6.45, 7) is 6.60. The zero-order valence-corrected chi connectivity index (χ0v) is 43.7. The highest BCUT2D eigenvalue weighted by Crippen LogP contribution is 2.15. The van der Waals surface area contributed by atoms with Crippen LogP contribution in [-0.4, -0.2) is 37.2 Å². The first kappa shape index (κ1) is 63.1. The maximum Gasteiger partial charge on any atom is 0.306 e. The number of rotatable bonds is 51. The molecule has 1 unspecified atom stereocenters. The van der Waals surface area contributed by atoms with Crippen molar-refractivity contribution >= 4 is 17.9 Å². The number of carbonyl (C=O) groups excluding carboxylic acids is 3. The molecule has 0 aliphatic heterocycles. The Hall–Kier alpha value is -2.89. The van der Waals surface area contributed by atoms with Gasteiger partial charge in [0, 0.05) is 19.3 Å². The van der Waals surface area contributed by atoms with Crippen molar-refractivity contribution < 1.29 is 28.6 Å². The maximum absolute atomic E-state index is 12.8. The molecule has 0 bridgehead atoms. The highest BCUT2D eigenvalue weighted by atomic mass is 16.6. The largest absolute Gasteiger partial charge is 0.462 e. The molecule has 6 heteroatoms. The second kappa shape index (κ2) is 54.7. The minimum Gasteiger partial charge on any atom is -0.462 e. The van der Waals surface area contributed by atoms with Gasteiger partial charge in [0.1, 0.15) is 13.2 Å². The van der Waals surface area contributed by atoms with Crippen LogP contribution in [0.1, 0.15) is 284 Å². The SMILES string of the molecule is CCCCCCC\C=C/C=C\C=C/CCCCCCCC(=O)OCC(COC(=O)CCCCC/C=C\CCCCCCCC)OC(=O)CCCCCCCCC/C=C\CCCCCCCC. The molecule has 0 aromatic rings. The van der Waals surface area contributed by atoms with Crippen LogP contribution in [0.4, 0.5) is 0 Å². The molecule has 382 valence electrons. The number of hydrogen-bond acceptors (Lipinski definition) is 6. The number of allylic oxidation sites excluding steroid dienone is 10. The smallest absolute Gasteiger partial charge is 0.306 e. The summed E-state index contributed by atoms with van der Waals surface area (Å²) in [5, 5.41) is 0. The molecule has 0 saturated heterocycles. The second-order valence-corrected chi connectivity index (χ2v) is 18.9. The summed E-state index contributed by atoms with van der Waals surface area (Å²) < 4.78 is 16.8. The maximum atomic E-state index is 12.8. The van der Waals surface area contributed by atoms with E-state index in [1.807, 2.05) is 0 Å². The molecule has 66 heavy (non-hydrogen) atoms. The van der Waals surface area contributed by atoms with Gasteiger partial charge in [-0.2, -0.15) is 0 Å². The van der Waals surface area contributed by atoms with Gasteiger partial charge in [0.25, 0.3) is 0 Å². The van der Waals surface area contributed by atoms with Gasteiger partial charge in [-0.3, -0.25) is 14.4 Å². The minimum absolute atomic E-state index is 0.0899. The summed E-state index contributed by atoms with van der Waals surface area (Å²) in [4.78, 5) is 38.1. The predicted octanol–water partition coefficient (Wildman–Crippen LogP) is 18.8. The Bertz CT molecular complexity index is 1200. The normalized spacial score (nSPS) is 12.5. The lowest BCUT2D eigenvalue weighted by Crippen LogP contribution is -2.30. The molecular weight excluding hydrogens is 817 g/mol. The van der Waals surface area contributed by atoms with Crippen LogP contribution in [0.3, 0.4) is 0 Å². The number of hydrogen-bond donors (Lipinski definition) is 0. The van der Waals surface area contributed by atoms with E-state index in [0.29, 0.717) is 19.3 Å². The molecular formula is C60H106O6. The molecule has 0 spiro atoms. The third kappa shape index (κ3) is 52.1. The van der Waals surface area contributed by atoms with E-state index >= 15 is 0 Å². The average molecular weight is 924 g/mol. The van der Waals surface area contributed by atoms with Crippen molar-refractivity contribution in [3.8, 4) is 0 Å². The van der Waals surface area contributed by atoms with Gasteiger partial charge in [0.2, 0.25) is 0 Å². The van der Waals surface area contributed by atoms with Crippen LogP contribution in [0.2, 0.25) is 0 Å². The molecule has 0 saturated carbocycles. The van der Waals surface area contributed by atoms with Crippen molar-refractivity contribution in [1.29, 1.82) is 0 Å². The van der Waals surface area contributed by atoms with Crippen molar-refractivity contribution in [1.82, 2.24) is 0 Å². The van der Waals surface area contributed by atoms with E-state index in [9.17, 15) is 14.4 Å². The van der Waals surface area contributed by atoms with E-state index < -0.39 is 6.10 Å². The molecule has 0 aromatic heterocycles. The number of ether oxygens (including phenoxy) is 3. The van der Waals surface area contributed by atoms with Crippen LogP contribution >= 0.6 is 0 Å². The van der Waals surface area contributed by atoms with E-state index in [1.165, 1.54) is 154 Å². The molecule has 6 nitrogen and oxygen atoms in total. The van der Waals surface area contributed by atoms with E-state index in [-0.39, 0.29) is 31.1 Å². The number of carbonyl (C=O) groups is 3. The number of esters is 3. The van der Waals surface area contributed by atoms with Crippen molar-refractivity contribution in [2.45, 2.75) is 290 Å². The highest BCUT2D eigenvalue weighted by molar-refractivity contribution is 5.71. The fraction of sp³-hybridized carbons (Fsp3) is 0.783. The van der Waals surface area contributed by atoms with Gasteiger partial charge in [0.15, 0.2) is 6.10 Å². The van der Waals surface area contributed by atoms with Crippen LogP contribution in [0.25, 0.3) is 0 Å². The van der Waals surface area contributed by atoms with Crippen molar-refractivity contribution in [3.05, 3.63) is 60.8 Å². The Kier molecular flexibility index (Phi) is 52.3. The Labute approximate surface area is 409 Å². The first-order valence-electron chi connectivity index (χ1n) is 28.3. The van der Waals surface area contributed by atoms with Crippen LogP contribution in [-0.2, 0) is 28.6 Å². The quantitative estimate of drug-likeness (QED) is 0.0199. The first-order valence-corrected chi connectivity index (χ1v) is 28.3. The number of unbranched alkanes of at least 4 members (excludes halogenated alkanes) is 32. The molecule has 0 radical (unpaired) electrons. The lowest BCUT2D eigenvalue weighted by Gasteiger charge is -2.18. The van der Waals surface area contributed by atoms with E-state index in [0.717, 1.165) is 89.9 Å². The van der Waals surface area contributed by atoms with Gasteiger partial charge in [0.05, 0.1) is 0 Å². The summed E-state index contributed by atoms with van der Waals surface area (Å²) in [7, 11) is 0. The molecule has 0 fully saturated rings. The van der Waals surface area contributed by atoms with Crippen LogP contribution < -0.4 is 0 Å². The standard InChI is InChI=1S/C60H106O6/c1-4-7-10-13-16-19-22-25-27-29-31-32-35-38-41-44-47-50-53-59(62)65-56-57(55-64-58(61)52-49-46-43-40-37-34-24-21-18-15-12-9-6-3)66-60(63)54-51-48-45-42-39-36-33-30-28-26-23-20-17-14-11-8-5-2/h22,25-29,31-32,34,37,57H,4-21,23-24,30,33,35-36,38-56H2,1-3H3/b25-22-,28-26-,29-27-,32-31-,37-34-. The third-order valence-corrected chi connectivity index (χ3v) is 12.3. The van der Waals surface area contributed by atoms with Crippen molar-refractivity contribution in [2.75, 3.05) is 13.2 Å². The van der Waals surface area contributed by atoms with Crippen molar-refractivity contribution in [3.63, 3.8) is 0 Å². The van der Waals surface area contributed by atoms with Gasteiger partial charge < -0.3 is 14.2 Å². The summed E-state index contributed by atoms with van der Waals surface area (Å²) in [6.07, 6.45) is 67.7. The molecule has 0 aliphatic rings. The fourth-order valence-electron chi connectivity index (χ4n) is 7.96. The Morgan fingerprint density at radius 3 is 0.894 bits per heavy atom. The Balaban J connectivity index is 4.42. The Morgan fingerprint density at radius 1 is 0.303 bits per heavy atom. The Morgan fingerprint density at radius 2 is 0.561 bits per heavy atom. The molecule has 0 N–H and O–H groups in total. The fourth-order valence-corrected chi connectivity index (χ4v) is 7.96. The highest BCUT2D eigenvalue weighted by Gasteiger charge is 2.19. The summed E-state index contributed by atoms with van der Waals surface area (Å²) in [5.41, 5.74) is 0. The third-order valence-electron chi connectivity index (χ3n) is 12.3. The summed E-state index contributed by atoms with van der Waals surface area (Å²) in [5.74, 6) is -0.920. The van der Waals surface area contributed by atoms with Gasteiger partial charge in [-0.1, -0.05) is 229 Å². The van der Waals surface area contributed by atoms with Gasteiger partial charge in [-0.25, -0.2) is 0 Å². The topological polar surface area (TPSA) is 78.9 Å². The van der Waals surface area contributed by atoms with Gasteiger partial charge in [-0.15, -0.1) is 0 Å². The summed E-state index contributed by atoms with van der Waals surface area (Å²) >= 11 is 0. The van der Waals surface area contributed by atoms with Crippen LogP contribution in [0.15, 0.2) is 60.8 Å². The predicted molar refractivity (Wildman–Crippen MR) is 284 cm³/mol. The van der Waals surface area contributed by atoms with E-state index in [1.54, 1.807) is 0 Å².